The first-order valence-electron chi connectivity index (χ1n) is 25.8. The summed E-state index contributed by atoms with van der Waals surface area (Å²) in [7, 11) is 0. The summed E-state index contributed by atoms with van der Waals surface area (Å²) in [5.74, 6) is 1.73. The molecule has 354 valence electrons. The van der Waals surface area contributed by atoms with E-state index in [2.05, 4.69) is 238 Å². The van der Waals surface area contributed by atoms with Gasteiger partial charge in [-0.15, -0.1) is 0 Å². The Hall–Kier alpha value is -10.4. The van der Waals surface area contributed by atoms with Crippen molar-refractivity contribution in [1.82, 2.24) is 34.9 Å². The lowest BCUT2D eigenvalue weighted by atomic mass is 9.93. The fourth-order valence-corrected chi connectivity index (χ4v) is 11.9. The second-order valence-electron chi connectivity index (χ2n) is 19.9. The SMILES string of the molecule is c1ccc(-c2nc(-c3cc(-c4cccc5c4[nH]c4ccccc45)cc(-c4cccc5c4[nH]c4ccccc45)c3)nc(-c3cc(-c4cccc5c4[nH]c4ccccc45)cc(-c4cccc5c4[nH]c4ccccc45)c3)n2)cc1. The summed E-state index contributed by atoms with van der Waals surface area (Å²) in [6.07, 6.45) is 0. The number of nitrogens with zero attached hydrogens (tertiary/aromatic N) is 3. The fraction of sp³-hybridized carbons (Fsp3) is 0. The lowest BCUT2D eigenvalue weighted by Gasteiger charge is -2.15. The van der Waals surface area contributed by atoms with Gasteiger partial charge >= 0.3 is 0 Å². The molecule has 0 amide bonds. The predicted octanol–water partition coefficient (Wildman–Crippen LogP) is 18.1. The zero-order valence-corrected chi connectivity index (χ0v) is 40.9. The van der Waals surface area contributed by atoms with E-state index in [1.807, 2.05) is 18.2 Å². The highest BCUT2D eigenvalue weighted by molar-refractivity contribution is 6.16. The summed E-state index contributed by atoms with van der Waals surface area (Å²) in [6, 6.07) is 84.3. The number of rotatable bonds is 7. The van der Waals surface area contributed by atoms with Crippen molar-refractivity contribution in [2.24, 2.45) is 0 Å². The molecular formula is C69H43N7. The van der Waals surface area contributed by atoms with Crippen LogP contribution < -0.4 is 0 Å². The van der Waals surface area contributed by atoms with Crippen LogP contribution >= 0.6 is 0 Å². The van der Waals surface area contributed by atoms with Crippen LogP contribution in [0.25, 0.3) is 166 Å². The van der Waals surface area contributed by atoms with E-state index < -0.39 is 0 Å². The maximum atomic E-state index is 5.57. The molecule has 16 aromatic rings. The average Bonchev–Trinajstić information content (AvgIpc) is 4.31. The van der Waals surface area contributed by atoms with Crippen LogP contribution in [0.4, 0.5) is 0 Å². The van der Waals surface area contributed by atoms with Crippen molar-refractivity contribution in [3.8, 4) is 78.7 Å². The monoisotopic (exact) mass is 969 g/mol. The first-order chi connectivity index (χ1) is 37.6. The molecule has 0 saturated heterocycles. The molecule has 0 radical (unpaired) electrons. The van der Waals surface area contributed by atoms with Crippen molar-refractivity contribution in [1.29, 1.82) is 0 Å². The van der Waals surface area contributed by atoms with Gasteiger partial charge in [-0.05, 0) is 82.9 Å². The molecule has 0 fully saturated rings. The van der Waals surface area contributed by atoms with Crippen LogP contribution in [-0.4, -0.2) is 34.9 Å². The standard InChI is InChI=1S/C69H43N7/c1-2-16-40(17-3-1)67-74-68(45-36-41(47-22-12-26-55-51-18-4-8-30-59(51)70-63(47)55)34-42(37-45)48-23-13-27-56-52-19-5-9-31-60(52)71-64(48)56)76-69(75-67)46-38-43(49-24-14-28-57-53-20-6-10-32-61(53)72-65(49)57)35-44(39-46)50-25-15-29-58-54-21-7-11-33-62(54)73-66(50)58/h1-39,70-73H. The highest BCUT2D eigenvalue weighted by Crippen LogP contribution is 2.43. The quantitative estimate of drug-likeness (QED) is 0.128. The maximum absolute atomic E-state index is 5.57. The van der Waals surface area contributed by atoms with Gasteiger partial charge in [0.25, 0.3) is 0 Å². The van der Waals surface area contributed by atoms with E-state index in [0.29, 0.717) is 17.5 Å². The number of fused-ring (bicyclic) bond motifs is 12. The molecule has 0 unspecified atom stereocenters. The smallest absolute Gasteiger partial charge is 0.164 e. The molecule has 7 nitrogen and oxygen atoms in total. The Balaban J connectivity index is 0.963. The van der Waals surface area contributed by atoms with E-state index in [1.54, 1.807) is 0 Å². The van der Waals surface area contributed by atoms with E-state index >= 15 is 0 Å². The van der Waals surface area contributed by atoms with Crippen LogP contribution in [0.3, 0.4) is 0 Å². The van der Waals surface area contributed by atoms with E-state index in [4.69, 9.17) is 15.0 Å². The van der Waals surface area contributed by atoms with Crippen LogP contribution in [0, 0.1) is 0 Å². The molecule has 5 heterocycles. The molecule has 0 atom stereocenters. The van der Waals surface area contributed by atoms with Crippen LogP contribution in [-0.2, 0) is 0 Å². The molecule has 0 saturated carbocycles. The number of aromatic nitrogens is 7. The molecule has 0 spiro atoms. The molecule has 76 heavy (non-hydrogen) atoms. The Labute approximate surface area is 435 Å². The first kappa shape index (κ1) is 42.2. The van der Waals surface area contributed by atoms with Gasteiger partial charge in [-0.2, -0.15) is 0 Å². The molecule has 16 rings (SSSR count). The van der Waals surface area contributed by atoms with Gasteiger partial charge in [0.05, 0.1) is 22.1 Å². The Kier molecular flexibility index (Phi) is 9.20. The second kappa shape index (κ2) is 16.6. The van der Waals surface area contributed by atoms with Gasteiger partial charge in [0, 0.05) is 104 Å². The van der Waals surface area contributed by atoms with Crippen LogP contribution in [0.15, 0.2) is 237 Å². The van der Waals surface area contributed by atoms with Gasteiger partial charge in [0.2, 0.25) is 0 Å². The van der Waals surface area contributed by atoms with Crippen LogP contribution in [0.2, 0.25) is 0 Å². The topological polar surface area (TPSA) is 102 Å². The van der Waals surface area contributed by atoms with Crippen molar-refractivity contribution in [3.63, 3.8) is 0 Å². The minimum atomic E-state index is 0.571. The highest BCUT2D eigenvalue weighted by atomic mass is 15.0. The molecule has 0 aliphatic heterocycles. The molecule has 0 bridgehead atoms. The summed E-state index contributed by atoms with van der Waals surface area (Å²) in [6.45, 7) is 0. The van der Waals surface area contributed by atoms with Gasteiger partial charge < -0.3 is 19.9 Å². The van der Waals surface area contributed by atoms with Crippen LogP contribution in [0.1, 0.15) is 0 Å². The molecule has 4 N–H and O–H groups in total. The Morgan fingerprint density at radius 3 is 0.763 bits per heavy atom. The normalized spacial score (nSPS) is 11.9. The average molecular weight is 970 g/mol. The van der Waals surface area contributed by atoms with Gasteiger partial charge in [0.15, 0.2) is 17.5 Å². The molecule has 5 aromatic heterocycles. The zero-order valence-electron chi connectivity index (χ0n) is 40.9. The predicted molar refractivity (Wildman–Crippen MR) is 315 cm³/mol. The number of para-hydroxylation sites is 8. The maximum Gasteiger partial charge on any atom is 0.164 e. The number of benzene rings is 11. The molecule has 0 aliphatic carbocycles. The second-order valence-corrected chi connectivity index (χ2v) is 19.9. The van der Waals surface area contributed by atoms with Crippen molar-refractivity contribution in [2.75, 3.05) is 0 Å². The van der Waals surface area contributed by atoms with Crippen molar-refractivity contribution < 1.29 is 0 Å². The van der Waals surface area contributed by atoms with E-state index in [0.717, 1.165) is 105 Å². The summed E-state index contributed by atoms with van der Waals surface area (Å²) in [5.41, 5.74) is 19.9. The number of nitrogens with one attached hydrogen (secondary N) is 4. The zero-order chi connectivity index (χ0) is 49.8. The molecular weight excluding hydrogens is 927 g/mol. The Morgan fingerprint density at radius 1 is 0.197 bits per heavy atom. The summed E-state index contributed by atoms with van der Waals surface area (Å²) < 4.78 is 0. The van der Waals surface area contributed by atoms with Gasteiger partial charge in [0.1, 0.15) is 0 Å². The number of hydrogen-bond donors (Lipinski definition) is 4. The summed E-state index contributed by atoms with van der Waals surface area (Å²) in [5, 5.41) is 9.46. The third-order valence-electron chi connectivity index (χ3n) is 15.5. The van der Waals surface area contributed by atoms with Gasteiger partial charge in [-0.1, -0.05) is 176 Å². The minimum Gasteiger partial charge on any atom is -0.354 e. The molecule has 11 aromatic carbocycles. The Bertz CT molecular complexity index is 4460. The highest BCUT2D eigenvalue weighted by Gasteiger charge is 2.21. The lowest BCUT2D eigenvalue weighted by Crippen LogP contribution is -2.01. The molecule has 0 aliphatic rings. The van der Waals surface area contributed by atoms with E-state index in [-0.39, 0.29) is 0 Å². The molecule has 7 heteroatoms. The van der Waals surface area contributed by atoms with Crippen LogP contribution in [0.5, 0.6) is 0 Å². The van der Waals surface area contributed by atoms with Crippen molar-refractivity contribution in [3.05, 3.63) is 237 Å². The third-order valence-corrected chi connectivity index (χ3v) is 15.5. The number of H-pyrrole nitrogens is 4. The van der Waals surface area contributed by atoms with Crippen molar-refractivity contribution in [2.45, 2.75) is 0 Å². The minimum absolute atomic E-state index is 0.571. The number of aromatic amines is 4. The lowest BCUT2D eigenvalue weighted by molar-refractivity contribution is 1.07. The van der Waals surface area contributed by atoms with Gasteiger partial charge in [-0.3, -0.25) is 0 Å². The van der Waals surface area contributed by atoms with E-state index in [1.165, 1.54) is 43.1 Å². The third kappa shape index (κ3) is 6.66. The number of hydrogen-bond acceptors (Lipinski definition) is 3. The van der Waals surface area contributed by atoms with Crippen molar-refractivity contribution >= 4 is 87.2 Å². The Morgan fingerprint density at radius 2 is 0.447 bits per heavy atom. The van der Waals surface area contributed by atoms with Gasteiger partial charge in [-0.25, -0.2) is 15.0 Å². The largest absolute Gasteiger partial charge is 0.354 e. The fourth-order valence-electron chi connectivity index (χ4n) is 11.9. The van der Waals surface area contributed by atoms with E-state index in [9.17, 15) is 0 Å². The summed E-state index contributed by atoms with van der Waals surface area (Å²) in [4.78, 5) is 31.6. The summed E-state index contributed by atoms with van der Waals surface area (Å²) >= 11 is 0. The first-order valence-corrected chi connectivity index (χ1v) is 25.8.